The van der Waals surface area contributed by atoms with Crippen LogP contribution in [-0.4, -0.2) is 27.1 Å². The van der Waals surface area contributed by atoms with E-state index in [1.807, 2.05) is 37.3 Å². The Morgan fingerprint density at radius 1 is 0.800 bits per heavy atom. The fraction of sp³-hybridized carbons (Fsp3) is 0.190. The van der Waals surface area contributed by atoms with Crippen LogP contribution in [0.2, 0.25) is 0 Å². The van der Waals surface area contributed by atoms with Crippen molar-refractivity contribution in [2.24, 2.45) is 0 Å². The van der Waals surface area contributed by atoms with Gasteiger partial charge in [0.05, 0.1) is 21.3 Å². The van der Waals surface area contributed by atoms with Gasteiger partial charge in [-0.2, -0.15) is 0 Å². The maximum absolute atomic E-state index is 12.1. The van der Waals surface area contributed by atoms with Gasteiger partial charge in [0.25, 0.3) is 0 Å². The Hall–Kier alpha value is -3.01. The second-order valence-electron chi connectivity index (χ2n) is 5.42. The number of methoxy groups -OCH3 is 3. The number of hydrogen-bond acceptors (Lipinski definition) is 4. The van der Waals surface area contributed by atoms with Gasteiger partial charge in [0.2, 0.25) is 0 Å². The first-order chi connectivity index (χ1) is 12.1. The minimum atomic E-state index is -0.131. The fourth-order valence-corrected chi connectivity index (χ4v) is 2.35. The lowest BCUT2D eigenvalue weighted by molar-refractivity contribution is -0.110. The zero-order valence-electron chi connectivity index (χ0n) is 14.9. The predicted molar refractivity (Wildman–Crippen MR) is 100 cm³/mol. The van der Waals surface area contributed by atoms with Gasteiger partial charge in [-0.15, -0.1) is 0 Å². The molecular formula is C21H22O4. The number of hydrogen-bond donors (Lipinski definition) is 0. The number of carbonyl (C=O) groups excluding carboxylic acids is 1. The molecule has 0 atom stereocenters. The maximum atomic E-state index is 12.1. The Kier molecular flexibility index (Phi) is 6.40. The Bertz CT molecular complexity index is 804. The molecule has 0 aliphatic heterocycles. The molecule has 4 heteroatoms. The highest BCUT2D eigenvalue weighted by Crippen LogP contribution is 2.25. The van der Waals surface area contributed by atoms with Crippen molar-refractivity contribution in [2.75, 3.05) is 21.3 Å². The van der Waals surface area contributed by atoms with Gasteiger partial charge in [-0.1, -0.05) is 11.6 Å². The quantitative estimate of drug-likeness (QED) is 0.706. The van der Waals surface area contributed by atoms with Crippen LogP contribution in [0.1, 0.15) is 16.7 Å². The van der Waals surface area contributed by atoms with Crippen LogP contribution in [-0.2, 0) is 4.79 Å². The minimum Gasteiger partial charge on any atom is -0.497 e. The second-order valence-corrected chi connectivity index (χ2v) is 5.42. The number of aryl methyl sites for hydroxylation is 1. The number of ether oxygens (including phenoxy) is 3. The third kappa shape index (κ3) is 4.98. The van der Waals surface area contributed by atoms with Crippen LogP contribution in [0, 0.1) is 6.92 Å². The molecule has 2 rings (SSSR count). The molecule has 0 unspecified atom stereocenters. The smallest absolute Gasteiger partial charge is 0.178 e. The van der Waals surface area contributed by atoms with Gasteiger partial charge in [0.15, 0.2) is 5.78 Å². The number of carbonyl (C=O) groups is 1. The molecule has 0 saturated heterocycles. The van der Waals surface area contributed by atoms with E-state index in [4.69, 9.17) is 14.2 Å². The number of rotatable bonds is 7. The maximum Gasteiger partial charge on any atom is 0.178 e. The lowest BCUT2D eigenvalue weighted by atomic mass is 10.1. The summed E-state index contributed by atoms with van der Waals surface area (Å²) in [5.74, 6) is 1.98. The van der Waals surface area contributed by atoms with Crippen molar-refractivity contribution in [3.63, 3.8) is 0 Å². The highest BCUT2D eigenvalue weighted by atomic mass is 16.5. The third-order valence-electron chi connectivity index (χ3n) is 3.68. The van der Waals surface area contributed by atoms with Gasteiger partial charge in [0.1, 0.15) is 17.2 Å². The van der Waals surface area contributed by atoms with Crippen molar-refractivity contribution in [3.8, 4) is 17.2 Å². The third-order valence-corrected chi connectivity index (χ3v) is 3.68. The van der Waals surface area contributed by atoms with Crippen LogP contribution in [0.4, 0.5) is 0 Å². The van der Waals surface area contributed by atoms with Crippen molar-refractivity contribution >= 4 is 17.9 Å². The summed E-state index contributed by atoms with van der Waals surface area (Å²) in [6.07, 6.45) is 6.47. The summed E-state index contributed by atoms with van der Waals surface area (Å²) in [6.45, 7) is 1.99. The second kappa shape index (κ2) is 8.73. The number of allylic oxidation sites excluding steroid dienone is 2. The van der Waals surface area contributed by atoms with Gasteiger partial charge in [-0.05, 0) is 61.6 Å². The molecule has 2 aromatic rings. The van der Waals surface area contributed by atoms with E-state index < -0.39 is 0 Å². The van der Waals surface area contributed by atoms with Gasteiger partial charge >= 0.3 is 0 Å². The van der Waals surface area contributed by atoms with E-state index in [1.165, 1.54) is 12.2 Å². The Morgan fingerprint density at radius 3 is 1.92 bits per heavy atom. The number of ketones is 1. The van der Waals surface area contributed by atoms with Crippen LogP contribution in [0.15, 0.2) is 48.6 Å². The summed E-state index contributed by atoms with van der Waals surface area (Å²) in [7, 11) is 4.79. The van der Waals surface area contributed by atoms with E-state index in [0.717, 1.165) is 22.4 Å². The molecule has 25 heavy (non-hydrogen) atoms. The summed E-state index contributed by atoms with van der Waals surface area (Å²) < 4.78 is 15.8. The summed E-state index contributed by atoms with van der Waals surface area (Å²) in [5.41, 5.74) is 2.74. The number of benzene rings is 2. The molecule has 0 amide bonds. The highest BCUT2D eigenvalue weighted by molar-refractivity contribution is 6.04. The molecular weight excluding hydrogens is 316 g/mol. The van der Waals surface area contributed by atoms with Gasteiger partial charge in [0, 0.05) is 11.1 Å². The van der Waals surface area contributed by atoms with Crippen molar-refractivity contribution < 1.29 is 19.0 Å². The van der Waals surface area contributed by atoms with E-state index in [-0.39, 0.29) is 5.78 Å². The molecule has 0 radical (unpaired) electrons. The molecule has 0 fully saturated rings. The van der Waals surface area contributed by atoms with Crippen LogP contribution in [0.5, 0.6) is 17.2 Å². The minimum absolute atomic E-state index is 0.131. The van der Waals surface area contributed by atoms with Crippen molar-refractivity contribution in [1.82, 2.24) is 0 Å². The summed E-state index contributed by atoms with van der Waals surface area (Å²) in [6, 6.07) is 11.2. The Labute approximate surface area is 148 Å². The molecule has 0 spiro atoms. The van der Waals surface area contributed by atoms with Crippen LogP contribution in [0.3, 0.4) is 0 Å². The van der Waals surface area contributed by atoms with Crippen molar-refractivity contribution in [3.05, 3.63) is 65.2 Å². The molecule has 0 aliphatic carbocycles. The monoisotopic (exact) mass is 338 g/mol. The molecule has 0 aromatic heterocycles. The molecule has 0 heterocycles. The van der Waals surface area contributed by atoms with Gasteiger partial charge < -0.3 is 14.2 Å². The van der Waals surface area contributed by atoms with E-state index in [2.05, 4.69) is 0 Å². The standard InChI is InChI=1S/C21H22O4/c1-15-5-11-20(24-3)16(13-15)6-8-18(22)9-7-17-14-19(23-2)10-12-21(17)25-4/h5-14H,1-4H3/b8-6+,9-7+. The van der Waals surface area contributed by atoms with Gasteiger partial charge in [-0.25, -0.2) is 0 Å². The molecule has 2 aromatic carbocycles. The summed E-state index contributed by atoms with van der Waals surface area (Å²) in [5, 5.41) is 0. The fourth-order valence-electron chi connectivity index (χ4n) is 2.35. The predicted octanol–water partition coefficient (Wildman–Crippen LogP) is 4.32. The molecule has 130 valence electrons. The topological polar surface area (TPSA) is 44.8 Å². The largest absolute Gasteiger partial charge is 0.497 e. The lowest BCUT2D eigenvalue weighted by Gasteiger charge is -2.07. The van der Waals surface area contributed by atoms with Gasteiger partial charge in [-0.3, -0.25) is 4.79 Å². The van der Waals surface area contributed by atoms with Crippen molar-refractivity contribution in [2.45, 2.75) is 6.92 Å². The molecule has 0 saturated carbocycles. The lowest BCUT2D eigenvalue weighted by Crippen LogP contribution is -1.91. The highest BCUT2D eigenvalue weighted by Gasteiger charge is 2.03. The first-order valence-corrected chi connectivity index (χ1v) is 7.84. The van der Waals surface area contributed by atoms with Crippen molar-refractivity contribution in [1.29, 1.82) is 0 Å². The first kappa shape index (κ1) is 18.3. The average Bonchev–Trinajstić information content (AvgIpc) is 2.64. The van der Waals surface area contributed by atoms with E-state index in [0.29, 0.717) is 11.5 Å². The van der Waals surface area contributed by atoms with Crippen LogP contribution >= 0.6 is 0 Å². The first-order valence-electron chi connectivity index (χ1n) is 7.84. The Balaban J connectivity index is 2.17. The van der Waals surface area contributed by atoms with E-state index in [9.17, 15) is 4.79 Å². The summed E-state index contributed by atoms with van der Waals surface area (Å²) in [4.78, 5) is 12.1. The molecule has 0 bridgehead atoms. The molecule has 0 N–H and O–H groups in total. The SMILES string of the molecule is COc1ccc(OC)c(/C=C/C(=O)/C=C/c2cc(C)ccc2OC)c1. The molecule has 0 aliphatic rings. The normalized spacial score (nSPS) is 11.0. The average molecular weight is 338 g/mol. The van der Waals surface area contributed by atoms with Crippen LogP contribution < -0.4 is 14.2 Å². The molecule has 4 nitrogen and oxygen atoms in total. The van der Waals surface area contributed by atoms with E-state index in [1.54, 1.807) is 39.5 Å². The zero-order chi connectivity index (χ0) is 18.2. The van der Waals surface area contributed by atoms with E-state index >= 15 is 0 Å². The Morgan fingerprint density at radius 2 is 1.36 bits per heavy atom. The summed E-state index contributed by atoms with van der Waals surface area (Å²) >= 11 is 0. The zero-order valence-corrected chi connectivity index (χ0v) is 14.9. The van der Waals surface area contributed by atoms with Crippen LogP contribution in [0.25, 0.3) is 12.2 Å².